The Labute approximate surface area is 131 Å². The lowest BCUT2D eigenvalue weighted by Crippen LogP contribution is -2.43. The molecule has 0 saturated carbocycles. The van der Waals surface area contributed by atoms with Crippen molar-refractivity contribution in [2.75, 3.05) is 13.1 Å². The number of carbonyl (C=O) groups is 1. The molecule has 1 fully saturated rings. The highest BCUT2D eigenvalue weighted by atomic mass is 16.2. The summed E-state index contributed by atoms with van der Waals surface area (Å²) in [6.07, 6.45) is 1.62. The molecule has 22 heavy (non-hydrogen) atoms. The van der Waals surface area contributed by atoms with Crippen molar-refractivity contribution in [3.63, 3.8) is 0 Å². The van der Waals surface area contributed by atoms with E-state index in [0.717, 1.165) is 25.1 Å². The van der Waals surface area contributed by atoms with E-state index in [0.29, 0.717) is 12.3 Å². The van der Waals surface area contributed by atoms with Gasteiger partial charge in [0, 0.05) is 19.0 Å². The van der Waals surface area contributed by atoms with Crippen molar-refractivity contribution in [1.82, 2.24) is 4.90 Å². The first kappa shape index (κ1) is 14.8. The normalized spacial score (nSPS) is 19.1. The molecule has 0 unspecified atom stereocenters. The van der Waals surface area contributed by atoms with Gasteiger partial charge in [0.05, 0.1) is 6.04 Å². The molecule has 2 atom stereocenters. The van der Waals surface area contributed by atoms with E-state index in [-0.39, 0.29) is 5.91 Å². The molecule has 0 aliphatic carbocycles. The van der Waals surface area contributed by atoms with Crippen molar-refractivity contribution in [1.29, 1.82) is 0 Å². The minimum Gasteiger partial charge on any atom is -0.341 e. The van der Waals surface area contributed by atoms with Crippen molar-refractivity contribution in [2.24, 2.45) is 5.73 Å². The highest BCUT2D eigenvalue weighted by Crippen LogP contribution is 2.27. The molecule has 0 aromatic heterocycles. The standard InChI is InChI=1S/C19H22N2O/c20-18(13-15-7-3-1-4-8-15)19(22)21-12-11-17(14-21)16-9-5-2-6-10-16/h1-10,17-18H,11-14,20H2/t17-,18-/m1/s1. The topological polar surface area (TPSA) is 46.3 Å². The van der Waals surface area contributed by atoms with Crippen molar-refractivity contribution in [3.05, 3.63) is 71.8 Å². The summed E-state index contributed by atoms with van der Waals surface area (Å²) >= 11 is 0. The molecule has 3 heteroatoms. The Hall–Kier alpha value is -2.13. The van der Waals surface area contributed by atoms with E-state index in [1.165, 1.54) is 5.56 Å². The second-order valence-electron chi connectivity index (χ2n) is 5.98. The first-order valence-corrected chi connectivity index (χ1v) is 7.87. The van der Waals surface area contributed by atoms with Crippen LogP contribution in [0.1, 0.15) is 23.5 Å². The fraction of sp³-hybridized carbons (Fsp3) is 0.316. The molecule has 2 aromatic rings. The highest BCUT2D eigenvalue weighted by Gasteiger charge is 2.29. The Morgan fingerprint density at radius 1 is 1.09 bits per heavy atom. The first-order chi connectivity index (χ1) is 10.7. The fourth-order valence-corrected chi connectivity index (χ4v) is 3.15. The molecule has 1 aliphatic rings. The Bertz CT molecular complexity index is 612. The third-order valence-electron chi connectivity index (χ3n) is 4.39. The number of hydrogen-bond acceptors (Lipinski definition) is 2. The van der Waals surface area contributed by atoms with E-state index in [4.69, 9.17) is 5.73 Å². The minimum absolute atomic E-state index is 0.0716. The summed E-state index contributed by atoms with van der Waals surface area (Å²) in [7, 11) is 0. The predicted molar refractivity (Wildman–Crippen MR) is 88.5 cm³/mol. The van der Waals surface area contributed by atoms with Crippen LogP contribution in [0, 0.1) is 0 Å². The number of likely N-dealkylation sites (tertiary alicyclic amines) is 1. The average molecular weight is 294 g/mol. The number of hydrogen-bond donors (Lipinski definition) is 1. The van der Waals surface area contributed by atoms with Crippen LogP contribution in [0.2, 0.25) is 0 Å². The minimum atomic E-state index is -0.447. The molecule has 1 aliphatic heterocycles. The van der Waals surface area contributed by atoms with E-state index in [9.17, 15) is 4.79 Å². The highest BCUT2D eigenvalue weighted by molar-refractivity contribution is 5.82. The Morgan fingerprint density at radius 3 is 2.41 bits per heavy atom. The molecule has 2 N–H and O–H groups in total. The van der Waals surface area contributed by atoms with Crippen LogP contribution in [-0.4, -0.2) is 29.9 Å². The van der Waals surface area contributed by atoms with E-state index >= 15 is 0 Å². The molecular weight excluding hydrogens is 272 g/mol. The lowest BCUT2D eigenvalue weighted by molar-refractivity contribution is -0.131. The van der Waals surface area contributed by atoms with Gasteiger partial charge in [0.25, 0.3) is 0 Å². The van der Waals surface area contributed by atoms with Crippen molar-refractivity contribution >= 4 is 5.91 Å². The number of amides is 1. The van der Waals surface area contributed by atoms with Gasteiger partial charge < -0.3 is 10.6 Å². The molecule has 1 saturated heterocycles. The van der Waals surface area contributed by atoms with Crippen molar-refractivity contribution in [3.8, 4) is 0 Å². The molecule has 0 radical (unpaired) electrons. The van der Waals surface area contributed by atoms with Crippen LogP contribution < -0.4 is 5.73 Å². The third-order valence-corrected chi connectivity index (χ3v) is 4.39. The van der Waals surface area contributed by atoms with Gasteiger partial charge in [-0.3, -0.25) is 4.79 Å². The number of rotatable bonds is 4. The lowest BCUT2D eigenvalue weighted by Gasteiger charge is -2.21. The van der Waals surface area contributed by atoms with Crippen LogP contribution in [0.5, 0.6) is 0 Å². The van der Waals surface area contributed by atoms with Gasteiger partial charge in [-0.05, 0) is 24.0 Å². The van der Waals surface area contributed by atoms with Crippen LogP contribution in [0.3, 0.4) is 0 Å². The maximum atomic E-state index is 12.5. The lowest BCUT2D eigenvalue weighted by atomic mass is 9.99. The number of benzene rings is 2. The van der Waals surface area contributed by atoms with Crippen LogP contribution in [0.15, 0.2) is 60.7 Å². The Morgan fingerprint density at radius 2 is 1.73 bits per heavy atom. The number of carbonyl (C=O) groups excluding carboxylic acids is 1. The summed E-state index contributed by atoms with van der Waals surface area (Å²) < 4.78 is 0. The van der Waals surface area contributed by atoms with Crippen molar-refractivity contribution in [2.45, 2.75) is 24.8 Å². The predicted octanol–water partition coefficient (Wildman–Crippen LogP) is 2.57. The van der Waals surface area contributed by atoms with Crippen LogP contribution in [-0.2, 0) is 11.2 Å². The van der Waals surface area contributed by atoms with Gasteiger partial charge in [0.1, 0.15) is 0 Å². The smallest absolute Gasteiger partial charge is 0.239 e. The Kier molecular flexibility index (Phi) is 4.54. The van der Waals surface area contributed by atoms with Gasteiger partial charge in [-0.15, -0.1) is 0 Å². The molecular formula is C19H22N2O. The van der Waals surface area contributed by atoms with Gasteiger partial charge >= 0.3 is 0 Å². The molecule has 1 heterocycles. The van der Waals surface area contributed by atoms with E-state index in [1.54, 1.807) is 0 Å². The molecule has 0 spiro atoms. The molecule has 3 nitrogen and oxygen atoms in total. The summed E-state index contributed by atoms with van der Waals surface area (Å²) in [6, 6.07) is 19.9. The van der Waals surface area contributed by atoms with Gasteiger partial charge in [-0.25, -0.2) is 0 Å². The maximum absolute atomic E-state index is 12.5. The van der Waals surface area contributed by atoms with Crippen LogP contribution in [0.25, 0.3) is 0 Å². The van der Waals surface area contributed by atoms with Gasteiger partial charge in [0.15, 0.2) is 0 Å². The van der Waals surface area contributed by atoms with E-state index in [1.807, 2.05) is 41.3 Å². The second-order valence-corrected chi connectivity index (χ2v) is 5.98. The zero-order valence-corrected chi connectivity index (χ0v) is 12.7. The maximum Gasteiger partial charge on any atom is 0.239 e. The first-order valence-electron chi connectivity index (χ1n) is 7.87. The SMILES string of the molecule is N[C@H](Cc1ccccc1)C(=O)N1CC[C@@H](c2ccccc2)C1. The Balaban J connectivity index is 1.59. The molecule has 114 valence electrons. The quantitative estimate of drug-likeness (QED) is 0.942. The van der Waals surface area contributed by atoms with Gasteiger partial charge in [-0.2, -0.15) is 0 Å². The molecule has 2 aromatic carbocycles. The summed E-state index contributed by atoms with van der Waals surface area (Å²) in [4.78, 5) is 14.4. The second kappa shape index (κ2) is 6.75. The van der Waals surface area contributed by atoms with Gasteiger partial charge in [0.2, 0.25) is 5.91 Å². The average Bonchev–Trinajstić information content (AvgIpc) is 3.06. The summed E-state index contributed by atoms with van der Waals surface area (Å²) in [6.45, 7) is 1.59. The van der Waals surface area contributed by atoms with E-state index in [2.05, 4.69) is 24.3 Å². The summed E-state index contributed by atoms with van der Waals surface area (Å²) in [5.74, 6) is 0.511. The molecule has 0 bridgehead atoms. The number of nitrogens with zero attached hydrogens (tertiary/aromatic N) is 1. The monoisotopic (exact) mass is 294 g/mol. The van der Waals surface area contributed by atoms with E-state index < -0.39 is 6.04 Å². The van der Waals surface area contributed by atoms with Gasteiger partial charge in [-0.1, -0.05) is 60.7 Å². The summed E-state index contributed by atoms with van der Waals surface area (Å²) in [5, 5.41) is 0. The number of nitrogens with two attached hydrogens (primary N) is 1. The summed E-state index contributed by atoms with van der Waals surface area (Å²) in [5.41, 5.74) is 8.55. The third kappa shape index (κ3) is 3.37. The van der Waals surface area contributed by atoms with Crippen LogP contribution >= 0.6 is 0 Å². The zero-order valence-electron chi connectivity index (χ0n) is 12.7. The molecule has 3 rings (SSSR count). The largest absolute Gasteiger partial charge is 0.341 e. The molecule has 1 amide bonds. The fourth-order valence-electron chi connectivity index (χ4n) is 3.15. The van der Waals surface area contributed by atoms with Crippen LogP contribution in [0.4, 0.5) is 0 Å². The zero-order chi connectivity index (χ0) is 15.4. The van der Waals surface area contributed by atoms with Crippen molar-refractivity contribution < 1.29 is 4.79 Å².